The fourth-order valence-corrected chi connectivity index (χ4v) is 3.74. The first kappa shape index (κ1) is 19.8. The largest absolute Gasteiger partial charge is 0.379 e. The average Bonchev–Trinajstić information content (AvgIpc) is 2.69. The number of piperidine rings is 1. The third-order valence-electron chi connectivity index (χ3n) is 5.56. The Morgan fingerprint density at radius 1 is 1.33 bits per heavy atom. The normalized spacial score (nSPS) is 21.3. The van der Waals surface area contributed by atoms with E-state index in [4.69, 9.17) is 4.74 Å². The lowest BCUT2D eigenvalue weighted by molar-refractivity contribution is -0.142. The molecule has 2 aliphatic rings. The summed E-state index contributed by atoms with van der Waals surface area (Å²) in [5.41, 5.74) is 2.19. The van der Waals surface area contributed by atoms with Gasteiger partial charge in [0.05, 0.1) is 19.1 Å². The van der Waals surface area contributed by atoms with E-state index in [1.807, 2.05) is 31.1 Å². The molecule has 7 heteroatoms. The van der Waals surface area contributed by atoms with Crippen LogP contribution in [-0.2, 0) is 20.9 Å². The summed E-state index contributed by atoms with van der Waals surface area (Å²) in [6.45, 7) is 8.00. The van der Waals surface area contributed by atoms with Crippen LogP contribution in [0, 0.1) is 12.8 Å². The van der Waals surface area contributed by atoms with Crippen molar-refractivity contribution in [3.05, 3.63) is 29.6 Å². The molecule has 2 amide bonds. The number of carbonyl (C=O) groups is 2. The molecule has 7 nitrogen and oxygen atoms in total. The predicted molar refractivity (Wildman–Crippen MR) is 102 cm³/mol. The summed E-state index contributed by atoms with van der Waals surface area (Å²) < 4.78 is 5.37. The molecule has 27 heavy (non-hydrogen) atoms. The van der Waals surface area contributed by atoms with Crippen LogP contribution in [0.15, 0.2) is 18.5 Å². The average molecular weight is 374 g/mol. The van der Waals surface area contributed by atoms with Gasteiger partial charge >= 0.3 is 0 Å². The van der Waals surface area contributed by atoms with Crippen LogP contribution in [0.1, 0.15) is 24.0 Å². The number of ether oxygens (including phenoxy) is 1. The minimum absolute atomic E-state index is 0.112. The summed E-state index contributed by atoms with van der Waals surface area (Å²) in [5, 5.41) is 0. The molecule has 1 atom stereocenters. The van der Waals surface area contributed by atoms with Gasteiger partial charge in [0.25, 0.3) is 0 Å². The number of aromatic nitrogens is 1. The summed E-state index contributed by atoms with van der Waals surface area (Å²) in [6.07, 6.45) is 4.68. The van der Waals surface area contributed by atoms with Crippen molar-refractivity contribution in [2.75, 3.05) is 53.0 Å². The number of nitrogens with zero attached hydrogens (tertiary/aromatic N) is 4. The second kappa shape index (κ2) is 9.28. The Bertz CT molecular complexity index is 660. The Hall–Kier alpha value is -1.99. The van der Waals surface area contributed by atoms with E-state index in [9.17, 15) is 9.59 Å². The number of hydrogen-bond acceptors (Lipinski definition) is 5. The molecule has 0 aromatic carbocycles. The first-order valence-electron chi connectivity index (χ1n) is 9.77. The van der Waals surface area contributed by atoms with E-state index >= 15 is 0 Å². The highest BCUT2D eigenvalue weighted by molar-refractivity contribution is 5.83. The molecule has 148 valence electrons. The second-order valence-corrected chi connectivity index (χ2v) is 7.53. The molecule has 3 rings (SSSR count). The fraction of sp³-hybridized carbons (Fsp3) is 0.650. The van der Waals surface area contributed by atoms with Gasteiger partial charge in [-0.1, -0.05) is 0 Å². The van der Waals surface area contributed by atoms with Crippen LogP contribution in [0.3, 0.4) is 0 Å². The smallest absolute Gasteiger partial charge is 0.227 e. The number of aryl methyl sites for hydroxylation is 1. The number of hydrogen-bond donors (Lipinski definition) is 0. The lowest BCUT2D eigenvalue weighted by atomic mass is 9.95. The van der Waals surface area contributed by atoms with E-state index in [-0.39, 0.29) is 17.7 Å². The molecule has 2 saturated heterocycles. The van der Waals surface area contributed by atoms with Crippen LogP contribution >= 0.6 is 0 Å². The maximum Gasteiger partial charge on any atom is 0.227 e. The Labute approximate surface area is 161 Å². The van der Waals surface area contributed by atoms with Gasteiger partial charge < -0.3 is 14.5 Å². The number of likely N-dealkylation sites (tertiary alicyclic amines) is 1. The molecule has 0 unspecified atom stereocenters. The van der Waals surface area contributed by atoms with Gasteiger partial charge in [0, 0.05) is 65.1 Å². The lowest BCUT2D eigenvalue weighted by Gasteiger charge is -2.35. The van der Waals surface area contributed by atoms with E-state index < -0.39 is 0 Å². The van der Waals surface area contributed by atoms with Gasteiger partial charge in [-0.15, -0.1) is 0 Å². The molecule has 0 saturated carbocycles. The monoisotopic (exact) mass is 374 g/mol. The molecule has 0 bridgehead atoms. The molecule has 3 heterocycles. The van der Waals surface area contributed by atoms with Crippen LogP contribution in [-0.4, -0.2) is 84.5 Å². The topological polar surface area (TPSA) is 66.0 Å². The number of carbonyl (C=O) groups excluding carboxylic acids is 2. The van der Waals surface area contributed by atoms with E-state index in [0.717, 1.165) is 44.0 Å². The Balaban J connectivity index is 1.53. The van der Waals surface area contributed by atoms with Gasteiger partial charge in [0.15, 0.2) is 0 Å². The molecule has 1 aromatic heterocycles. The van der Waals surface area contributed by atoms with Gasteiger partial charge in [-0.2, -0.15) is 0 Å². The molecule has 1 aromatic rings. The molecular formula is C20H30N4O3. The summed E-state index contributed by atoms with van der Waals surface area (Å²) in [6, 6.07) is 1.96. The molecule has 0 spiro atoms. The van der Waals surface area contributed by atoms with Crippen LogP contribution in [0.4, 0.5) is 0 Å². The minimum atomic E-state index is -0.112. The predicted octanol–water partition coefficient (Wildman–Crippen LogP) is 0.919. The first-order valence-corrected chi connectivity index (χ1v) is 9.77. The molecule has 0 aliphatic carbocycles. The Morgan fingerprint density at radius 3 is 2.85 bits per heavy atom. The maximum absolute atomic E-state index is 12.9. The van der Waals surface area contributed by atoms with Crippen molar-refractivity contribution < 1.29 is 14.3 Å². The van der Waals surface area contributed by atoms with Gasteiger partial charge in [-0.05, 0) is 30.5 Å². The third-order valence-corrected chi connectivity index (χ3v) is 5.56. The zero-order valence-electron chi connectivity index (χ0n) is 16.4. The van der Waals surface area contributed by atoms with E-state index in [2.05, 4.69) is 9.88 Å². The molecular weight excluding hydrogens is 344 g/mol. The SMILES string of the molecule is Cc1cnccc1CN(C)C(=O)[C@@H]1CCC(=O)N(CCN2CCOCC2)C1. The summed E-state index contributed by atoms with van der Waals surface area (Å²) in [4.78, 5) is 35.3. The zero-order chi connectivity index (χ0) is 19.2. The van der Waals surface area contributed by atoms with Crippen LogP contribution in [0.25, 0.3) is 0 Å². The van der Waals surface area contributed by atoms with Crippen molar-refractivity contribution >= 4 is 11.8 Å². The van der Waals surface area contributed by atoms with E-state index in [1.165, 1.54) is 0 Å². The lowest BCUT2D eigenvalue weighted by Crippen LogP contribution is -2.49. The van der Waals surface area contributed by atoms with E-state index in [1.54, 1.807) is 11.1 Å². The van der Waals surface area contributed by atoms with Crippen LogP contribution in [0.2, 0.25) is 0 Å². The summed E-state index contributed by atoms with van der Waals surface area (Å²) in [5.74, 6) is 0.176. The highest BCUT2D eigenvalue weighted by atomic mass is 16.5. The molecule has 0 radical (unpaired) electrons. The number of rotatable bonds is 6. The Kier molecular flexibility index (Phi) is 6.79. The molecule has 0 N–H and O–H groups in total. The first-order chi connectivity index (χ1) is 13.0. The van der Waals surface area contributed by atoms with Crippen molar-refractivity contribution in [2.24, 2.45) is 5.92 Å². The van der Waals surface area contributed by atoms with Crippen molar-refractivity contribution in [3.8, 4) is 0 Å². The van der Waals surface area contributed by atoms with E-state index in [0.29, 0.717) is 32.5 Å². The zero-order valence-corrected chi connectivity index (χ0v) is 16.4. The number of morpholine rings is 1. The minimum Gasteiger partial charge on any atom is -0.379 e. The summed E-state index contributed by atoms with van der Waals surface area (Å²) >= 11 is 0. The Morgan fingerprint density at radius 2 is 2.11 bits per heavy atom. The number of pyridine rings is 1. The van der Waals surface area contributed by atoms with Crippen molar-refractivity contribution in [3.63, 3.8) is 0 Å². The van der Waals surface area contributed by atoms with Gasteiger partial charge in [0.1, 0.15) is 0 Å². The quantitative estimate of drug-likeness (QED) is 0.741. The number of amides is 2. The van der Waals surface area contributed by atoms with Gasteiger partial charge in [0.2, 0.25) is 11.8 Å². The summed E-state index contributed by atoms with van der Waals surface area (Å²) in [7, 11) is 1.84. The van der Waals surface area contributed by atoms with Gasteiger partial charge in [-0.25, -0.2) is 0 Å². The fourth-order valence-electron chi connectivity index (χ4n) is 3.74. The second-order valence-electron chi connectivity index (χ2n) is 7.53. The van der Waals surface area contributed by atoms with Crippen LogP contribution < -0.4 is 0 Å². The highest BCUT2D eigenvalue weighted by Crippen LogP contribution is 2.21. The highest BCUT2D eigenvalue weighted by Gasteiger charge is 2.32. The third kappa shape index (κ3) is 5.26. The van der Waals surface area contributed by atoms with Crippen molar-refractivity contribution in [1.82, 2.24) is 19.7 Å². The maximum atomic E-state index is 12.9. The molecule has 2 aliphatic heterocycles. The standard InChI is InChI=1S/C20H30N4O3/c1-16-13-21-6-5-17(16)14-22(2)20(26)18-3-4-19(25)24(15-18)8-7-23-9-11-27-12-10-23/h5-6,13,18H,3-4,7-12,14-15H2,1-2H3/t18-/m1/s1. The van der Waals surface area contributed by atoms with Gasteiger partial charge in [-0.3, -0.25) is 19.5 Å². The molecule has 2 fully saturated rings. The van der Waals surface area contributed by atoms with Crippen LogP contribution in [0.5, 0.6) is 0 Å². The van der Waals surface area contributed by atoms with Crippen molar-refractivity contribution in [2.45, 2.75) is 26.3 Å². The van der Waals surface area contributed by atoms with Crippen molar-refractivity contribution in [1.29, 1.82) is 0 Å².